The largest absolute Gasteiger partial charge is 0.467 e. The smallest absolute Gasteiger partial charge is 0.337 e. The van der Waals surface area contributed by atoms with Crippen LogP contribution >= 0.6 is 0 Å². The molecule has 0 N–H and O–H groups in total. The second-order valence-electron chi connectivity index (χ2n) is 8.79. The van der Waals surface area contributed by atoms with Crippen LogP contribution in [0.3, 0.4) is 0 Å². The fourth-order valence-electron chi connectivity index (χ4n) is 3.60. The van der Waals surface area contributed by atoms with Gasteiger partial charge in [-0.25, -0.2) is 4.79 Å². The van der Waals surface area contributed by atoms with Gasteiger partial charge in [0.05, 0.1) is 26.6 Å². The van der Waals surface area contributed by atoms with Gasteiger partial charge < -0.3 is 14.2 Å². The number of carbonyl (C=O) groups excluding carboxylic acids is 1. The second-order valence-corrected chi connectivity index (χ2v) is 10.4. The van der Waals surface area contributed by atoms with Crippen molar-refractivity contribution in [1.82, 2.24) is 0 Å². The molecule has 0 aliphatic carbocycles. The van der Waals surface area contributed by atoms with Crippen molar-refractivity contribution < 1.29 is 31.6 Å². The van der Waals surface area contributed by atoms with Crippen molar-refractivity contribution in [2.45, 2.75) is 116 Å². The third kappa shape index (κ3) is 24.2. The van der Waals surface area contributed by atoms with Gasteiger partial charge in [0.2, 0.25) is 0 Å². The molecule has 0 amide bonds. The summed E-state index contributed by atoms with van der Waals surface area (Å²) in [6.07, 6.45) is 21.2. The van der Waals surface area contributed by atoms with Crippen molar-refractivity contribution in [2.24, 2.45) is 0 Å². The molecule has 8 heteroatoms. The molecule has 33 heavy (non-hydrogen) atoms. The number of methoxy groups -OCH3 is 1. The number of rotatable bonds is 25. The van der Waals surface area contributed by atoms with E-state index in [9.17, 15) is 13.2 Å². The molecule has 0 fully saturated rings. The first-order valence-electron chi connectivity index (χ1n) is 13.0. The Balaban J connectivity index is 3.39. The van der Waals surface area contributed by atoms with Crippen LogP contribution in [0.4, 0.5) is 0 Å². The molecule has 0 aromatic rings. The van der Waals surface area contributed by atoms with Crippen LogP contribution in [0.25, 0.3) is 0 Å². The summed E-state index contributed by atoms with van der Waals surface area (Å²) in [5.74, 6) is -0.670. The van der Waals surface area contributed by atoms with E-state index in [2.05, 4.69) is 15.8 Å². The maximum absolute atomic E-state index is 11.6. The van der Waals surface area contributed by atoms with E-state index in [1.54, 1.807) is 0 Å². The van der Waals surface area contributed by atoms with Gasteiger partial charge in [-0.3, -0.25) is 4.18 Å². The van der Waals surface area contributed by atoms with Crippen molar-refractivity contribution in [3.63, 3.8) is 0 Å². The van der Waals surface area contributed by atoms with Crippen LogP contribution in [0.5, 0.6) is 0 Å². The Kier molecular flexibility index (Phi) is 22.6. The molecule has 0 saturated heterocycles. The minimum atomic E-state index is -3.64. The Bertz CT molecular complexity index is 537. The van der Waals surface area contributed by atoms with Gasteiger partial charge in [-0.2, -0.15) is 8.42 Å². The molecule has 0 aromatic heterocycles. The van der Waals surface area contributed by atoms with Crippen LogP contribution in [0, 0.1) is 0 Å². The number of unbranched alkanes of at least 4 members (excludes halogenated alkanes) is 15. The highest BCUT2D eigenvalue weighted by Gasteiger charge is 2.22. The molecule has 7 nitrogen and oxygen atoms in total. The van der Waals surface area contributed by atoms with Crippen LogP contribution in [0.15, 0.2) is 0 Å². The Morgan fingerprint density at radius 2 is 1.15 bits per heavy atom. The summed E-state index contributed by atoms with van der Waals surface area (Å²) in [4.78, 5) is 11.6. The summed E-state index contributed by atoms with van der Waals surface area (Å²) in [7, 11) is -2.43. The van der Waals surface area contributed by atoms with E-state index in [1.165, 1.54) is 97.0 Å². The standard InChI is InChI=1S/C25H50O7S/c1-4-5-6-7-8-9-10-11-12-13-14-15-16-17-18-19-20-30-21-22-31-24(25(26)29-2)23-32-33(3,27)28/h24H,4-23H2,1-3H3. The van der Waals surface area contributed by atoms with Crippen LogP contribution in [-0.4, -0.2) is 60.3 Å². The first kappa shape index (κ1) is 32.3. The zero-order valence-electron chi connectivity index (χ0n) is 21.5. The Hall–Kier alpha value is -0.700. The molecule has 0 aliphatic heterocycles. The SMILES string of the molecule is CCCCCCCCCCCCCCCCCCOCCOC(COS(C)(=O)=O)C(=O)OC. The number of hydrogen-bond acceptors (Lipinski definition) is 7. The van der Waals surface area contributed by atoms with Gasteiger partial charge in [0.1, 0.15) is 6.61 Å². The summed E-state index contributed by atoms with van der Waals surface area (Å²) < 4.78 is 42.2. The van der Waals surface area contributed by atoms with E-state index in [-0.39, 0.29) is 6.61 Å². The fourth-order valence-corrected chi connectivity index (χ4v) is 3.98. The average Bonchev–Trinajstić information content (AvgIpc) is 2.78. The highest BCUT2D eigenvalue weighted by atomic mass is 32.2. The van der Waals surface area contributed by atoms with E-state index < -0.39 is 28.8 Å². The number of hydrogen-bond donors (Lipinski definition) is 0. The van der Waals surface area contributed by atoms with Crippen molar-refractivity contribution in [3.05, 3.63) is 0 Å². The van der Waals surface area contributed by atoms with Gasteiger partial charge in [-0.1, -0.05) is 103 Å². The zero-order valence-corrected chi connectivity index (χ0v) is 22.3. The Morgan fingerprint density at radius 1 is 0.697 bits per heavy atom. The van der Waals surface area contributed by atoms with E-state index in [0.717, 1.165) is 19.1 Å². The lowest BCUT2D eigenvalue weighted by molar-refractivity contribution is -0.157. The Morgan fingerprint density at radius 3 is 1.58 bits per heavy atom. The molecule has 1 unspecified atom stereocenters. The minimum Gasteiger partial charge on any atom is -0.467 e. The maximum Gasteiger partial charge on any atom is 0.337 e. The number of esters is 1. The van der Waals surface area contributed by atoms with E-state index in [4.69, 9.17) is 9.47 Å². The molecule has 0 bridgehead atoms. The van der Waals surface area contributed by atoms with E-state index >= 15 is 0 Å². The van der Waals surface area contributed by atoms with Gasteiger partial charge in [0, 0.05) is 6.61 Å². The number of ether oxygens (including phenoxy) is 3. The van der Waals surface area contributed by atoms with Gasteiger partial charge in [0.15, 0.2) is 6.10 Å². The molecule has 0 heterocycles. The maximum atomic E-state index is 11.6. The molecule has 0 aromatic carbocycles. The molecular weight excluding hydrogens is 444 g/mol. The zero-order chi connectivity index (χ0) is 24.6. The predicted molar refractivity (Wildman–Crippen MR) is 133 cm³/mol. The third-order valence-electron chi connectivity index (χ3n) is 5.59. The predicted octanol–water partition coefficient (Wildman–Crippen LogP) is 5.80. The van der Waals surface area contributed by atoms with E-state index in [1.807, 2.05) is 0 Å². The van der Waals surface area contributed by atoms with Crippen molar-refractivity contribution in [3.8, 4) is 0 Å². The fraction of sp³-hybridized carbons (Fsp3) is 0.960. The molecule has 0 aliphatic rings. The van der Waals surface area contributed by atoms with Crippen LogP contribution in [0.1, 0.15) is 110 Å². The quantitative estimate of drug-likeness (QED) is 0.0900. The normalized spacial score (nSPS) is 12.7. The van der Waals surface area contributed by atoms with Gasteiger partial charge in [-0.05, 0) is 6.42 Å². The van der Waals surface area contributed by atoms with Crippen LogP contribution < -0.4 is 0 Å². The molecule has 0 saturated carbocycles. The summed E-state index contributed by atoms with van der Waals surface area (Å²) in [6, 6.07) is 0. The summed E-state index contributed by atoms with van der Waals surface area (Å²) in [5, 5.41) is 0. The third-order valence-corrected chi connectivity index (χ3v) is 6.15. The average molecular weight is 495 g/mol. The Labute approximate surface area is 203 Å². The number of carbonyl (C=O) groups is 1. The molecular formula is C25H50O7S. The lowest BCUT2D eigenvalue weighted by Gasteiger charge is -2.15. The van der Waals surface area contributed by atoms with Crippen LogP contribution in [0.2, 0.25) is 0 Å². The summed E-state index contributed by atoms with van der Waals surface area (Å²) in [6.45, 7) is 3.04. The molecule has 0 rings (SSSR count). The van der Waals surface area contributed by atoms with Gasteiger partial charge >= 0.3 is 5.97 Å². The summed E-state index contributed by atoms with van der Waals surface area (Å²) in [5.41, 5.74) is 0. The molecule has 0 spiro atoms. The first-order chi connectivity index (χ1) is 15.9. The molecule has 0 radical (unpaired) electrons. The highest BCUT2D eigenvalue weighted by Crippen LogP contribution is 2.13. The first-order valence-corrected chi connectivity index (χ1v) is 14.8. The van der Waals surface area contributed by atoms with Crippen molar-refractivity contribution >= 4 is 16.1 Å². The molecule has 198 valence electrons. The topological polar surface area (TPSA) is 88.1 Å². The van der Waals surface area contributed by atoms with Crippen molar-refractivity contribution in [1.29, 1.82) is 0 Å². The molecule has 1 atom stereocenters. The summed E-state index contributed by atoms with van der Waals surface area (Å²) >= 11 is 0. The lowest BCUT2D eigenvalue weighted by atomic mass is 10.0. The lowest BCUT2D eigenvalue weighted by Crippen LogP contribution is -2.32. The highest BCUT2D eigenvalue weighted by molar-refractivity contribution is 7.85. The minimum absolute atomic E-state index is 0.172. The second kappa shape index (κ2) is 23.1. The van der Waals surface area contributed by atoms with Gasteiger partial charge in [0.25, 0.3) is 10.1 Å². The van der Waals surface area contributed by atoms with Gasteiger partial charge in [-0.15, -0.1) is 0 Å². The van der Waals surface area contributed by atoms with Crippen LogP contribution in [-0.2, 0) is 33.3 Å². The van der Waals surface area contributed by atoms with E-state index in [0.29, 0.717) is 13.2 Å². The monoisotopic (exact) mass is 494 g/mol. The van der Waals surface area contributed by atoms with Crippen molar-refractivity contribution in [2.75, 3.05) is 39.8 Å².